The second kappa shape index (κ2) is 6.48. The fourth-order valence-electron chi connectivity index (χ4n) is 3.47. The van der Waals surface area contributed by atoms with Crippen molar-refractivity contribution in [2.45, 2.75) is 12.5 Å². The van der Waals surface area contributed by atoms with Gasteiger partial charge in [-0.25, -0.2) is 4.39 Å². The van der Waals surface area contributed by atoms with E-state index in [2.05, 4.69) is 11.1 Å². The Morgan fingerprint density at radius 2 is 1.84 bits per heavy atom. The molecule has 0 aliphatic carbocycles. The zero-order valence-electron chi connectivity index (χ0n) is 13.6. The monoisotopic (exact) mass is 332 g/mol. The Morgan fingerprint density at radius 3 is 2.64 bits per heavy atom. The SMILES string of the molecule is O=C(c1ccccc1F)N1CCc2ccccc2C1c1cccnc1. The summed E-state index contributed by atoms with van der Waals surface area (Å²) in [7, 11) is 0. The minimum Gasteiger partial charge on any atom is -0.327 e. The van der Waals surface area contributed by atoms with Crippen LogP contribution >= 0.6 is 0 Å². The average Bonchev–Trinajstić information content (AvgIpc) is 2.67. The third-order valence-corrected chi connectivity index (χ3v) is 4.65. The Balaban J connectivity index is 1.82. The topological polar surface area (TPSA) is 33.2 Å². The molecule has 0 spiro atoms. The van der Waals surface area contributed by atoms with Crippen LogP contribution in [0.1, 0.15) is 33.1 Å². The molecule has 0 radical (unpaired) electrons. The summed E-state index contributed by atoms with van der Waals surface area (Å²) in [5.74, 6) is -0.780. The first-order chi connectivity index (χ1) is 12.3. The Kier molecular flexibility index (Phi) is 4.02. The number of hydrogen-bond acceptors (Lipinski definition) is 2. The highest BCUT2D eigenvalue weighted by Gasteiger charge is 2.33. The summed E-state index contributed by atoms with van der Waals surface area (Å²) in [4.78, 5) is 19.0. The lowest BCUT2D eigenvalue weighted by molar-refractivity contribution is 0.0689. The van der Waals surface area contributed by atoms with Crippen LogP contribution in [0.2, 0.25) is 0 Å². The second-order valence-electron chi connectivity index (χ2n) is 6.12. The van der Waals surface area contributed by atoms with E-state index in [1.807, 2.05) is 30.3 Å². The van der Waals surface area contributed by atoms with E-state index in [9.17, 15) is 9.18 Å². The van der Waals surface area contributed by atoms with Gasteiger partial charge in [0.15, 0.2) is 0 Å². The first-order valence-corrected chi connectivity index (χ1v) is 8.29. The van der Waals surface area contributed by atoms with Gasteiger partial charge in [-0.2, -0.15) is 0 Å². The predicted molar refractivity (Wildman–Crippen MR) is 93.7 cm³/mol. The van der Waals surface area contributed by atoms with Crippen molar-refractivity contribution in [2.24, 2.45) is 0 Å². The molecule has 3 nitrogen and oxygen atoms in total. The molecule has 1 unspecified atom stereocenters. The molecule has 0 saturated carbocycles. The van der Waals surface area contributed by atoms with E-state index < -0.39 is 5.82 Å². The Bertz CT molecular complexity index is 911. The fourth-order valence-corrected chi connectivity index (χ4v) is 3.47. The summed E-state index contributed by atoms with van der Waals surface area (Å²) >= 11 is 0. The number of pyridine rings is 1. The van der Waals surface area contributed by atoms with Gasteiger partial charge in [0.05, 0.1) is 11.6 Å². The highest BCUT2D eigenvalue weighted by atomic mass is 19.1. The predicted octanol–water partition coefficient (Wildman–Crippen LogP) is 4.01. The van der Waals surface area contributed by atoms with Gasteiger partial charge in [0, 0.05) is 18.9 Å². The van der Waals surface area contributed by atoms with Gasteiger partial charge in [0.1, 0.15) is 5.82 Å². The number of halogens is 1. The quantitative estimate of drug-likeness (QED) is 0.710. The molecule has 1 aromatic heterocycles. The summed E-state index contributed by atoms with van der Waals surface area (Å²) < 4.78 is 14.2. The van der Waals surface area contributed by atoms with Gasteiger partial charge in [0.2, 0.25) is 0 Å². The van der Waals surface area contributed by atoms with Crippen LogP contribution in [0.4, 0.5) is 4.39 Å². The molecular weight excluding hydrogens is 315 g/mol. The third-order valence-electron chi connectivity index (χ3n) is 4.65. The molecule has 1 atom stereocenters. The summed E-state index contributed by atoms with van der Waals surface area (Å²) in [6.45, 7) is 0.545. The number of rotatable bonds is 2. The minimum absolute atomic E-state index is 0.107. The summed E-state index contributed by atoms with van der Waals surface area (Å²) in [6, 6.07) is 17.8. The van der Waals surface area contributed by atoms with Crippen LogP contribution in [0.3, 0.4) is 0 Å². The molecule has 1 amide bonds. The van der Waals surface area contributed by atoms with Crippen molar-refractivity contribution >= 4 is 5.91 Å². The molecule has 0 fully saturated rings. The smallest absolute Gasteiger partial charge is 0.257 e. The van der Waals surface area contributed by atoms with Crippen molar-refractivity contribution < 1.29 is 9.18 Å². The molecule has 0 N–H and O–H groups in total. The van der Waals surface area contributed by atoms with Crippen LogP contribution in [0.25, 0.3) is 0 Å². The van der Waals surface area contributed by atoms with Crippen LogP contribution in [-0.2, 0) is 6.42 Å². The molecule has 4 heteroatoms. The molecule has 2 heterocycles. The Labute approximate surface area is 145 Å². The number of hydrogen-bond donors (Lipinski definition) is 0. The van der Waals surface area contributed by atoms with Crippen LogP contribution < -0.4 is 0 Å². The van der Waals surface area contributed by atoms with E-state index in [4.69, 9.17) is 0 Å². The number of nitrogens with zero attached hydrogens (tertiary/aromatic N) is 2. The fraction of sp³-hybridized carbons (Fsp3) is 0.143. The summed E-state index contributed by atoms with van der Waals surface area (Å²) in [5, 5.41) is 0. The van der Waals surface area contributed by atoms with Gasteiger partial charge in [-0.15, -0.1) is 0 Å². The zero-order valence-corrected chi connectivity index (χ0v) is 13.6. The standard InChI is InChI=1S/C21H17FN2O/c22-19-10-4-3-9-18(19)21(25)24-13-11-15-6-1-2-8-17(15)20(24)16-7-5-12-23-14-16/h1-10,12,14,20H,11,13H2. The van der Waals surface area contributed by atoms with Crippen molar-refractivity contribution in [1.82, 2.24) is 9.88 Å². The van der Waals surface area contributed by atoms with Crippen molar-refractivity contribution in [3.8, 4) is 0 Å². The molecule has 25 heavy (non-hydrogen) atoms. The second-order valence-corrected chi connectivity index (χ2v) is 6.12. The van der Waals surface area contributed by atoms with Gasteiger partial charge < -0.3 is 4.90 Å². The maximum Gasteiger partial charge on any atom is 0.257 e. The van der Waals surface area contributed by atoms with Crippen LogP contribution in [0.5, 0.6) is 0 Å². The molecule has 3 aromatic rings. The molecule has 1 aliphatic heterocycles. The lowest BCUT2D eigenvalue weighted by Gasteiger charge is -2.37. The van der Waals surface area contributed by atoms with Gasteiger partial charge in [-0.3, -0.25) is 9.78 Å². The average molecular weight is 332 g/mol. The third kappa shape index (κ3) is 2.80. The molecule has 2 aromatic carbocycles. The van der Waals surface area contributed by atoms with E-state index in [0.29, 0.717) is 6.54 Å². The maximum absolute atomic E-state index is 14.2. The van der Waals surface area contributed by atoms with Gasteiger partial charge in [-0.05, 0) is 41.3 Å². The zero-order chi connectivity index (χ0) is 17.2. The van der Waals surface area contributed by atoms with Crippen molar-refractivity contribution in [2.75, 3.05) is 6.54 Å². The Hall–Kier alpha value is -3.01. The van der Waals surface area contributed by atoms with Gasteiger partial charge in [-0.1, -0.05) is 42.5 Å². The lowest BCUT2D eigenvalue weighted by atomic mass is 9.88. The van der Waals surface area contributed by atoms with Crippen LogP contribution in [0, 0.1) is 5.82 Å². The molecular formula is C21H17FN2O. The number of amides is 1. The van der Waals surface area contributed by atoms with E-state index in [1.54, 1.807) is 35.5 Å². The maximum atomic E-state index is 14.2. The summed E-state index contributed by atoms with van der Waals surface area (Å²) in [6.07, 6.45) is 4.24. The van der Waals surface area contributed by atoms with E-state index in [-0.39, 0.29) is 17.5 Å². The largest absolute Gasteiger partial charge is 0.327 e. The molecule has 0 bridgehead atoms. The number of benzene rings is 2. The number of carbonyl (C=O) groups excluding carboxylic acids is 1. The van der Waals surface area contributed by atoms with Crippen molar-refractivity contribution in [3.05, 3.63) is 101 Å². The molecule has 0 saturated heterocycles. The first-order valence-electron chi connectivity index (χ1n) is 8.29. The highest BCUT2D eigenvalue weighted by molar-refractivity contribution is 5.95. The highest BCUT2D eigenvalue weighted by Crippen LogP contribution is 2.35. The van der Waals surface area contributed by atoms with E-state index in [0.717, 1.165) is 17.5 Å². The van der Waals surface area contributed by atoms with E-state index in [1.165, 1.54) is 11.6 Å². The lowest BCUT2D eigenvalue weighted by Crippen LogP contribution is -2.41. The molecule has 4 rings (SSSR count). The Morgan fingerprint density at radius 1 is 1.04 bits per heavy atom. The number of fused-ring (bicyclic) bond motifs is 1. The molecule has 124 valence electrons. The van der Waals surface area contributed by atoms with Crippen molar-refractivity contribution in [3.63, 3.8) is 0 Å². The summed E-state index contributed by atoms with van der Waals surface area (Å²) in [5.41, 5.74) is 3.33. The van der Waals surface area contributed by atoms with E-state index >= 15 is 0 Å². The van der Waals surface area contributed by atoms with Crippen molar-refractivity contribution in [1.29, 1.82) is 0 Å². The first kappa shape index (κ1) is 15.5. The normalized spacial score (nSPS) is 16.4. The van der Waals surface area contributed by atoms with Gasteiger partial charge in [0.25, 0.3) is 5.91 Å². The number of aromatic nitrogens is 1. The molecule has 1 aliphatic rings. The minimum atomic E-state index is -0.490. The van der Waals surface area contributed by atoms with Crippen LogP contribution in [-0.4, -0.2) is 22.3 Å². The van der Waals surface area contributed by atoms with Gasteiger partial charge >= 0.3 is 0 Å². The number of carbonyl (C=O) groups is 1. The van der Waals surface area contributed by atoms with Crippen LogP contribution in [0.15, 0.2) is 73.1 Å².